The summed E-state index contributed by atoms with van der Waals surface area (Å²) < 4.78 is 47.6. The van der Waals surface area contributed by atoms with Gasteiger partial charge in [0.25, 0.3) is 5.92 Å². The van der Waals surface area contributed by atoms with E-state index in [2.05, 4.69) is 4.74 Å². The molecule has 0 bridgehead atoms. The third-order valence-corrected chi connectivity index (χ3v) is 3.68. The number of ether oxygens (including phenoxy) is 1. The number of hydrogen-bond acceptors (Lipinski definition) is 5. The van der Waals surface area contributed by atoms with Gasteiger partial charge in [0.05, 0.1) is 13.0 Å². The number of rotatable bonds is 4. The minimum atomic E-state index is -3.68. The summed E-state index contributed by atoms with van der Waals surface area (Å²) in [5.41, 5.74) is -0.482. The number of hydrogen-bond donors (Lipinski definition) is 4. The minimum absolute atomic E-state index is 0.482. The first-order chi connectivity index (χ1) is 10.2. The molecule has 4 N–H and O–H groups in total. The van der Waals surface area contributed by atoms with Gasteiger partial charge >= 0.3 is 0 Å². The minimum Gasteiger partial charge on any atom is -0.394 e. The third-order valence-electron chi connectivity index (χ3n) is 3.68. The molecule has 0 aromatic heterocycles. The molecule has 1 aliphatic rings. The van der Waals surface area contributed by atoms with Crippen LogP contribution in [0.25, 0.3) is 0 Å². The molecular weight excluding hydrogens is 305 g/mol. The Morgan fingerprint density at radius 1 is 1.09 bits per heavy atom. The van der Waals surface area contributed by atoms with E-state index in [-0.39, 0.29) is 0 Å². The van der Waals surface area contributed by atoms with E-state index < -0.39 is 54.8 Å². The van der Waals surface area contributed by atoms with Crippen molar-refractivity contribution in [3.63, 3.8) is 0 Å². The fourth-order valence-electron chi connectivity index (χ4n) is 2.43. The molecule has 0 saturated carbocycles. The van der Waals surface area contributed by atoms with Crippen molar-refractivity contribution in [2.75, 3.05) is 6.61 Å². The third kappa shape index (κ3) is 3.11. The number of alkyl halides is 3. The maximum atomic E-state index is 14.7. The molecule has 1 heterocycles. The highest BCUT2D eigenvalue weighted by Crippen LogP contribution is 2.43. The van der Waals surface area contributed by atoms with E-state index in [0.717, 1.165) is 12.1 Å². The molecule has 0 aliphatic carbocycles. The Morgan fingerprint density at radius 3 is 2.23 bits per heavy atom. The zero-order valence-corrected chi connectivity index (χ0v) is 11.4. The molecule has 5 atom stereocenters. The van der Waals surface area contributed by atoms with Gasteiger partial charge in [-0.15, -0.1) is 0 Å². The van der Waals surface area contributed by atoms with Crippen LogP contribution in [-0.2, 0) is 10.7 Å². The maximum absolute atomic E-state index is 14.7. The SMILES string of the molecule is OC[C@H]1OC(F)(CC(F)(F)c2ccccc2)[C@H](O)[C@@H](O)[C@@H]1O. The summed E-state index contributed by atoms with van der Waals surface area (Å²) in [4.78, 5) is 0. The van der Waals surface area contributed by atoms with Crippen LogP contribution >= 0.6 is 0 Å². The predicted molar refractivity (Wildman–Crippen MR) is 68.8 cm³/mol. The van der Waals surface area contributed by atoms with Crippen molar-refractivity contribution in [3.8, 4) is 0 Å². The Morgan fingerprint density at radius 2 is 1.68 bits per heavy atom. The van der Waals surface area contributed by atoms with Crippen molar-refractivity contribution in [2.45, 2.75) is 42.6 Å². The molecule has 1 saturated heterocycles. The summed E-state index contributed by atoms with van der Waals surface area (Å²) in [6.07, 6.45) is -9.39. The van der Waals surface area contributed by atoms with Gasteiger partial charge in [-0.2, -0.15) is 0 Å². The predicted octanol–water partition coefficient (Wildman–Crippen LogP) is 0.308. The van der Waals surface area contributed by atoms with Crippen LogP contribution in [0, 0.1) is 0 Å². The second-order valence-electron chi connectivity index (χ2n) is 5.30. The Bertz CT molecular complexity index is 499. The summed E-state index contributed by atoms with van der Waals surface area (Å²) in [5.74, 6) is -7.00. The Balaban J connectivity index is 2.26. The molecule has 5 nitrogen and oxygen atoms in total. The van der Waals surface area contributed by atoms with Gasteiger partial charge in [0.2, 0.25) is 5.85 Å². The van der Waals surface area contributed by atoms with E-state index in [9.17, 15) is 28.5 Å². The van der Waals surface area contributed by atoms with Crippen LogP contribution in [0.15, 0.2) is 30.3 Å². The summed E-state index contributed by atoms with van der Waals surface area (Å²) in [5, 5.41) is 37.7. The van der Waals surface area contributed by atoms with Crippen LogP contribution in [0.2, 0.25) is 0 Å². The number of aliphatic hydroxyl groups is 4. The van der Waals surface area contributed by atoms with Crippen LogP contribution in [-0.4, -0.2) is 57.3 Å². The topological polar surface area (TPSA) is 90.2 Å². The lowest BCUT2D eigenvalue weighted by atomic mass is 9.88. The molecule has 1 fully saturated rings. The molecule has 0 radical (unpaired) electrons. The molecule has 0 spiro atoms. The monoisotopic (exact) mass is 322 g/mol. The average Bonchev–Trinajstić information content (AvgIpc) is 2.49. The lowest BCUT2D eigenvalue weighted by molar-refractivity contribution is -0.335. The highest BCUT2D eigenvalue weighted by Gasteiger charge is 2.58. The zero-order chi connectivity index (χ0) is 16.5. The van der Waals surface area contributed by atoms with Crippen LogP contribution in [0.4, 0.5) is 13.2 Å². The number of halogens is 3. The van der Waals surface area contributed by atoms with Crippen LogP contribution in [0.1, 0.15) is 12.0 Å². The summed E-state index contributed by atoms with van der Waals surface area (Å²) in [6, 6.07) is 6.39. The van der Waals surface area contributed by atoms with Gasteiger partial charge in [0, 0.05) is 5.56 Å². The molecule has 2 rings (SSSR count). The molecule has 0 amide bonds. The highest BCUT2D eigenvalue weighted by atomic mass is 19.3. The molecular formula is C14H17F3O5. The zero-order valence-electron chi connectivity index (χ0n) is 11.4. The second-order valence-corrected chi connectivity index (χ2v) is 5.30. The average molecular weight is 322 g/mol. The molecule has 22 heavy (non-hydrogen) atoms. The van der Waals surface area contributed by atoms with Crippen molar-refractivity contribution in [2.24, 2.45) is 0 Å². The number of benzene rings is 1. The number of aliphatic hydroxyl groups excluding tert-OH is 4. The fourth-order valence-corrected chi connectivity index (χ4v) is 2.43. The van der Waals surface area contributed by atoms with Gasteiger partial charge in [-0.05, 0) is 0 Å². The summed E-state index contributed by atoms with van der Waals surface area (Å²) >= 11 is 0. The van der Waals surface area contributed by atoms with Crippen molar-refractivity contribution < 1.29 is 38.3 Å². The van der Waals surface area contributed by atoms with Gasteiger partial charge in [0.15, 0.2) is 0 Å². The highest BCUT2D eigenvalue weighted by molar-refractivity contribution is 5.20. The van der Waals surface area contributed by atoms with Crippen molar-refractivity contribution >= 4 is 0 Å². The van der Waals surface area contributed by atoms with E-state index in [4.69, 9.17) is 5.11 Å². The van der Waals surface area contributed by atoms with Gasteiger partial charge < -0.3 is 25.2 Å². The largest absolute Gasteiger partial charge is 0.394 e. The normalized spacial score (nSPS) is 36.3. The first-order valence-electron chi connectivity index (χ1n) is 6.66. The van der Waals surface area contributed by atoms with E-state index in [1.807, 2.05) is 0 Å². The molecule has 1 aromatic rings. The summed E-state index contributed by atoms with van der Waals surface area (Å²) in [7, 11) is 0. The van der Waals surface area contributed by atoms with Crippen LogP contribution < -0.4 is 0 Å². The summed E-state index contributed by atoms with van der Waals surface area (Å²) in [6.45, 7) is -0.895. The Hall–Kier alpha value is -1.19. The lowest BCUT2D eigenvalue weighted by Crippen LogP contribution is -2.64. The first kappa shape index (κ1) is 17.2. The van der Waals surface area contributed by atoms with E-state index in [1.165, 1.54) is 18.2 Å². The van der Waals surface area contributed by atoms with Crippen molar-refractivity contribution in [3.05, 3.63) is 35.9 Å². The smallest absolute Gasteiger partial charge is 0.278 e. The maximum Gasteiger partial charge on any atom is 0.278 e. The van der Waals surface area contributed by atoms with Gasteiger partial charge in [-0.1, -0.05) is 30.3 Å². The van der Waals surface area contributed by atoms with Crippen LogP contribution in [0.3, 0.4) is 0 Å². The van der Waals surface area contributed by atoms with Crippen LogP contribution in [0.5, 0.6) is 0 Å². The van der Waals surface area contributed by atoms with E-state index >= 15 is 0 Å². The molecule has 124 valence electrons. The first-order valence-corrected chi connectivity index (χ1v) is 6.66. The second kappa shape index (κ2) is 6.13. The van der Waals surface area contributed by atoms with E-state index in [0.29, 0.717) is 0 Å². The quantitative estimate of drug-likeness (QED) is 0.640. The van der Waals surface area contributed by atoms with Crippen molar-refractivity contribution in [1.29, 1.82) is 0 Å². The van der Waals surface area contributed by atoms with Gasteiger partial charge in [-0.3, -0.25) is 0 Å². The van der Waals surface area contributed by atoms with Crippen molar-refractivity contribution in [1.82, 2.24) is 0 Å². The standard InChI is InChI=1S/C14H17F3O5/c15-13(16,8-4-2-1-3-5-8)7-14(17)12(21)11(20)10(19)9(6-18)22-14/h1-5,9-12,18-21H,6-7H2/t9-,10-,11+,12-,14?/m1/s1. The Labute approximate surface area is 124 Å². The molecule has 8 heteroatoms. The van der Waals surface area contributed by atoms with Gasteiger partial charge in [0.1, 0.15) is 24.4 Å². The fraction of sp³-hybridized carbons (Fsp3) is 0.571. The molecule has 1 unspecified atom stereocenters. The van der Waals surface area contributed by atoms with Gasteiger partial charge in [-0.25, -0.2) is 13.2 Å². The lowest BCUT2D eigenvalue weighted by Gasteiger charge is -2.44. The molecule has 1 aliphatic heterocycles. The van der Waals surface area contributed by atoms with E-state index in [1.54, 1.807) is 0 Å². The molecule has 1 aromatic carbocycles. The Kier molecular flexibility index (Phi) is 4.78.